The molecule has 4 aliphatic rings. The summed E-state index contributed by atoms with van der Waals surface area (Å²) >= 11 is 0. The molecule has 1 aromatic rings. The van der Waals surface area contributed by atoms with Gasteiger partial charge in [-0.1, -0.05) is 12.1 Å². The van der Waals surface area contributed by atoms with E-state index in [9.17, 15) is 9.90 Å². The van der Waals surface area contributed by atoms with Crippen LogP contribution in [0.3, 0.4) is 0 Å². The van der Waals surface area contributed by atoms with Gasteiger partial charge in [0.2, 0.25) is 0 Å². The number of aliphatic hydroxyl groups is 1. The molecular formula is C23H34N2O3. The zero-order chi connectivity index (χ0) is 20.0. The lowest BCUT2D eigenvalue weighted by atomic mass is 9.51. The van der Waals surface area contributed by atoms with Gasteiger partial charge in [-0.25, -0.2) is 0 Å². The Kier molecular flexibility index (Phi) is 4.95. The molecule has 4 aliphatic carbocycles. The Balaban J connectivity index is 1.29. The molecule has 0 unspecified atom stereocenters. The quantitative estimate of drug-likeness (QED) is 0.702. The number of rotatable bonds is 6. The van der Waals surface area contributed by atoms with E-state index in [1.165, 1.54) is 24.8 Å². The average molecular weight is 387 g/mol. The first-order valence-corrected chi connectivity index (χ1v) is 10.6. The van der Waals surface area contributed by atoms with Gasteiger partial charge in [-0.15, -0.1) is 0 Å². The molecule has 4 fully saturated rings. The molecule has 1 aromatic carbocycles. The molecule has 154 valence electrons. The molecule has 5 heteroatoms. The number of amides is 1. The second kappa shape index (κ2) is 7.03. The Morgan fingerprint density at radius 3 is 2.36 bits per heavy atom. The van der Waals surface area contributed by atoms with E-state index in [0.29, 0.717) is 17.6 Å². The standard InChI is InChI=1S/C23H34N2O3/c1-21(2,3)25-20(26)14-28-19-6-4-16(5-7-19)13-24-22-9-17-8-18(10-22)12-23(27,11-17)15-22/h4-7,17-18,24,27H,8-15H2,1-3H3,(H,25,26)/t17-,18-,22?,23?/m0/s1. The molecule has 0 aliphatic heterocycles. The van der Waals surface area contributed by atoms with Crippen LogP contribution in [0, 0.1) is 11.8 Å². The zero-order valence-electron chi connectivity index (χ0n) is 17.4. The van der Waals surface area contributed by atoms with Crippen molar-refractivity contribution >= 4 is 5.91 Å². The normalized spacial score (nSPS) is 33.7. The van der Waals surface area contributed by atoms with Gasteiger partial charge < -0.3 is 20.5 Å². The van der Waals surface area contributed by atoms with Gasteiger partial charge in [0, 0.05) is 17.6 Å². The largest absolute Gasteiger partial charge is 0.484 e. The lowest BCUT2D eigenvalue weighted by molar-refractivity contribution is -0.142. The number of hydrogen-bond donors (Lipinski definition) is 3. The summed E-state index contributed by atoms with van der Waals surface area (Å²) in [6.45, 7) is 6.69. The number of nitrogens with one attached hydrogen (secondary N) is 2. The SMILES string of the molecule is CC(C)(C)NC(=O)COc1ccc(CNC23C[C@@H]4C[C@H](CC(O)(C4)C2)C3)cc1. The van der Waals surface area contributed by atoms with E-state index < -0.39 is 5.60 Å². The van der Waals surface area contributed by atoms with Crippen molar-refractivity contribution in [2.45, 2.75) is 82.5 Å². The third-order valence-electron chi connectivity index (χ3n) is 6.51. The van der Waals surface area contributed by atoms with Crippen LogP contribution in [0.5, 0.6) is 5.75 Å². The summed E-state index contributed by atoms with van der Waals surface area (Å²) in [5.41, 5.74) is 0.635. The number of carbonyl (C=O) groups excluding carboxylic acids is 1. The van der Waals surface area contributed by atoms with Crippen LogP contribution < -0.4 is 15.4 Å². The monoisotopic (exact) mass is 386 g/mol. The molecule has 0 saturated heterocycles. The third-order valence-corrected chi connectivity index (χ3v) is 6.51. The summed E-state index contributed by atoms with van der Waals surface area (Å²) in [4.78, 5) is 11.9. The predicted octanol–water partition coefficient (Wildman–Crippen LogP) is 3.15. The molecule has 1 amide bonds. The Labute approximate surface area is 168 Å². The van der Waals surface area contributed by atoms with Crippen LogP contribution in [0.4, 0.5) is 0 Å². The first-order valence-electron chi connectivity index (χ1n) is 10.6. The van der Waals surface area contributed by atoms with Crippen LogP contribution in [0.25, 0.3) is 0 Å². The lowest BCUT2D eigenvalue weighted by Gasteiger charge is -2.60. The average Bonchev–Trinajstić information content (AvgIpc) is 2.55. The van der Waals surface area contributed by atoms with Crippen LogP contribution in [0.2, 0.25) is 0 Å². The Morgan fingerprint density at radius 1 is 1.14 bits per heavy atom. The molecule has 28 heavy (non-hydrogen) atoms. The van der Waals surface area contributed by atoms with Crippen LogP contribution in [-0.2, 0) is 11.3 Å². The predicted molar refractivity (Wildman–Crippen MR) is 109 cm³/mol. The van der Waals surface area contributed by atoms with Gasteiger partial charge in [0.1, 0.15) is 5.75 Å². The maximum Gasteiger partial charge on any atom is 0.258 e. The highest BCUT2D eigenvalue weighted by Crippen LogP contribution is 2.57. The van der Waals surface area contributed by atoms with Crippen molar-refractivity contribution in [1.82, 2.24) is 10.6 Å². The molecule has 0 spiro atoms. The summed E-state index contributed by atoms with van der Waals surface area (Å²) in [7, 11) is 0. The minimum Gasteiger partial charge on any atom is -0.484 e. The van der Waals surface area contributed by atoms with Crippen molar-refractivity contribution in [3.8, 4) is 5.75 Å². The topological polar surface area (TPSA) is 70.6 Å². The molecule has 4 saturated carbocycles. The highest BCUT2D eigenvalue weighted by Gasteiger charge is 2.56. The summed E-state index contributed by atoms with van der Waals surface area (Å²) in [5, 5.41) is 17.6. The van der Waals surface area contributed by atoms with Crippen LogP contribution in [-0.4, -0.2) is 34.3 Å². The third kappa shape index (κ3) is 4.52. The van der Waals surface area contributed by atoms with E-state index in [1.54, 1.807) is 0 Å². The van der Waals surface area contributed by atoms with Crippen LogP contribution in [0.15, 0.2) is 24.3 Å². The molecule has 5 rings (SSSR count). The van der Waals surface area contributed by atoms with E-state index in [-0.39, 0.29) is 23.6 Å². The van der Waals surface area contributed by atoms with Gasteiger partial charge in [-0.3, -0.25) is 4.79 Å². The fourth-order valence-electron chi connectivity index (χ4n) is 6.02. The first-order chi connectivity index (χ1) is 13.1. The van der Waals surface area contributed by atoms with E-state index in [0.717, 1.165) is 25.8 Å². The van der Waals surface area contributed by atoms with Crippen LogP contribution in [0.1, 0.15) is 64.9 Å². The summed E-state index contributed by atoms with van der Waals surface area (Å²) in [6.07, 6.45) is 6.62. The fourth-order valence-corrected chi connectivity index (χ4v) is 6.02. The Morgan fingerprint density at radius 2 is 1.79 bits per heavy atom. The number of hydrogen-bond acceptors (Lipinski definition) is 4. The van der Waals surface area contributed by atoms with Gasteiger partial charge in [-0.05, 0) is 88.8 Å². The van der Waals surface area contributed by atoms with Gasteiger partial charge in [0.25, 0.3) is 5.91 Å². The number of carbonyl (C=O) groups is 1. The second-order valence-electron chi connectivity index (χ2n) is 10.6. The van der Waals surface area contributed by atoms with Gasteiger partial charge in [0.15, 0.2) is 6.61 Å². The molecule has 0 heterocycles. The number of ether oxygens (including phenoxy) is 1. The van der Waals surface area contributed by atoms with Crippen LogP contribution >= 0.6 is 0 Å². The van der Waals surface area contributed by atoms with E-state index in [4.69, 9.17) is 4.74 Å². The Bertz CT molecular complexity index is 708. The Hall–Kier alpha value is -1.59. The fraction of sp³-hybridized carbons (Fsp3) is 0.696. The second-order valence-corrected chi connectivity index (χ2v) is 10.6. The maximum absolute atomic E-state index is 11.9. The molecule has 4 bridgehead atoms. The summed E-state index contributed by atoms with van der Waals surface area (Å²) < 4.78 is 5.59. The van der Waals surface area contributed by atoms with Gasteiger partial charge >= 0.3 is 0 Å². The van der Waals surface area contributed by atoms with Gasteiger partial charge in [-0.2, -0.15) is 0 Å². The molecule has 3 N–H and O–H groups in total. The minimum absolute atomic E-state index is 0.0271. The molecule has 5 nitrogen and oxygen atoms in total. The highest BCUT2D eigenvalue weighted by molar-refractivity contribution is 5.78. The molecular weight excluding hydrogens is 352 g/mol. The minimum atomic E-state index is -0.428. The van der Waals surface area contributed by atoms with Crippen molar-refractivity contribution in [2.24, 2.45) is 11.8 Å². The van der Waals surface area contributed by atoms with Crippen molar-refractivity contribution in [1.29, 1.82) is 0 Å². The lowest BCUT2D eigenvalue weighted by Crippen LogP contribution is -2.64. The van der Waals surface area contributed by atoms with Crippen molar-refractivity contribution in [3.63, 3.8) is 0 Å². The van der Waals surface area contributed by atoms with E-state index in [2.05, 4.69) is 22.8 Å². The highest BCUT2D eigenvalue weighted by atomic mass is 16.5. The molecule has 0 aromatic heterocycles. The van der Waals surface area contributed by atoms with E-state index >= 15 is 0 Å². The smallest absolute Gasteiger partial charge is 0.258 e. The van der Waals surface area contributed by atoms with E-state index in [1.807, 2.05) is 32.9 Å². The first kappa shape index (κ1) is 19.7. The molecule has 0 radical (unpaired) electrons. The van der Waals surface area contributed by atoms with Gasteiger partial charge in [0.05, 0.1) is 5.60 Å². The number of benzene rings is 1. The summed E-state index contributed by atoms with van der Waals surface area (Å²) in [5.74, 6) is 1.97. The maximum atomic E-state index is 11.9. The van der Waals surface area contributed by atoms with Crippen molar-refractivity contribution < 1.29 is 14.6 Å². The molecule has 2 atom stereocenters. The van der Waals surface area contributed by atoms with Crippen molar-refractivity contribution in [3.05, 3.63) is 29.8 Å². The zero-order valence-corrected chi connectivity index (χ0v) is 17.4. The summed E-state index contributed by atoms with van der Waals surface area (Å²) in [6, 6.07) is 7.96. The van der Waals surface area contributed by atoms with Crippen molar-refractivity contribution in [2.75, 3.05) is 6.61 Å².